The van der Waals surface area contributed by atoms with Gasteiger partial charge >= 0.3 is 6.09 Å². The van der Waals surface area contributed by atoms with Crippen molar-refractivity contribution >= 4 is 33.2 Å². The number of aromatic amines is 1. The summed E-state index contributed by atoms with van der Waals surface area (Å²) < 4.78 is 6.38. The standard InChI is InChI=1S/C15H19BrN4O2/c1-15(2,3)22-14(21)20-6-4-5-11(20)13-18-10-7-9(16)8-17-12(10)19-13/h7-8,11H,4-6H2,1-3H3,(H,17,18,19)/t11-/m0/s1. The lowest BCUT2D eigenvalue weighted by Gasteiger charge is -2.27. The molecule has 0 aromatic carbocycles. The van der Waals surface area contributed by atoms with Crippen molar-refractivity contribution in [2.24, 2.45) is 0 Å². The molecule has 0 bridgehead atoms. The maximum atomic E-state index is 12.4. The van der Waals surface area contributed by atoms with E-state index >= 15 is 0 Å². The first-order valence-corrected chi connectivity index (χ1v) is 8.13. The number of pyridine rings is 1. The first-order chi connectivity index (χ1) is 10.3. The molecule has 1 amide bonds. The topological polar surface area (TPSA) is 71.1 Å². The van der Waals surface area contributed by atoms with Gasteiger partial charge in [0.2, 0.25) is 0 Å². The van der Waals surface area contributed by atoms with E-state index < -0.39 is 5.60 Å². The van der Waals surface area contributed by atoms with Crippen molar-refractivity contribution in [1.82, 2.24) is 19.9 Å². The minimum absolute atomic E-state index is 0.0807. The van der Waals surface area contributed by atoms with E-state index in [0.717, 1.165) is 28.7 Å². The van der Waals surface area contributed by atoms with Crippen LogP contribution in [0.15, 0.2) is 16.7 Å². The van der Waals surface area contributed by atoms with Gasteiger partial charge in [0.15, 0.2) is 5.65 Å². The van der Waals surface area contributed by atoms with Crippen LogP contribution in [0.1, 0.15) is 45.5 Å². The average molecular weight is 367 g/mol. The molecule has 1 fully saturated rings. The van der Waals surface area contributed by atoms with Crippen molar-refractivity contribution in [3.05, 3.63) is 22.6 Å². The monoisotopic (exact) mass is 366 g/mol. The van der Waals surface area contributed by atoms with E-state index in [0.29, 0.717) is 12.2 Å². The maximum absolute atomic E-state index is 12.4. The molecule has 6 nitrogen and oxygen atoms in total. The molecule has 1 N–H and O–H groups in total. The van der Waals surface area contributed by atoms with Crippen LogP contribution in [0.25, 0.3) is 11.2 Å². The number of carbonyl (C=O) groups excluding carboxylic acids is 1. The van der Waals surface area contributed by atoms with Crippen LogP contribution in [0.4, 0.5) is 4.79 Å². The third kappa shape index (κ3) is 3.09. The van der Waals surface area contributed by atoms with Crippen molar-refractivity contribution in [3.8, 4) is 0 Å². The molecule has 0 radical (unpaired) electrons. The fraction of sp³-hybridized carbons (Fsp3) is 0.533. The summed E-state index contributed by atoms with van der Waals surface area (Å²) in [6, 6.07) is 1.86. The zero-order valence-electron chi connectivity index (χ0n) is 12.9. The highest BCUT2D eigenvalue weighted by atomic mass is 79.9. The highest BCUT2D eigenvalue weighted by Crippen LogP contribution is 2.32. The number of likely N-dealkylation sites (tertiary alicyclic amines) is 1. The first kappa shape index (κ1) is 15.3. The van der Waals surface area contributed by atoms with Gasteiger partial charge in [-0.25, -0.2) is 14.8 Å². The van der Waals surface area contributed by atoms with Crippen LogP contribution >= 0.6 is 15.9 Å². The molecule has 1 aliphatic heterocycles. The molecule has 3 heterocycles. The molecule has 1 saturated heterocycles. The lowest BCUT2D eigenvalue weighted by Crippen LogP contribution is -2.36. The van der Waals surface area contributed by atoms with Crippen LogP contribution in [0.2, 0.25) is 0 Å². The summed E-state index contributed by atoms with van der Waals surface area (Å²) in [5, 5.41) is 0. The molecular formula is C15H19BrN4O2. The fourth-order valence-electron chi connectivity index (χ4n) is 2.64. The second kappa shape index (κ2) is 5.53. The summed E-state index contributed by atoms with van der Waals surface area (Å²) in [5.74, 6) is 0.768. The molecule has 0 unspecified atom stereocenters. The van der Waals surface area contributed by atoms with Gasteiger partial charge < -0.3 is 9.72 Å². The Morgan fingerprint density at radius 1 is 1.50 bits per heavy atom. The van der Waals surface area contributed by atoms with Gasteiger partial charge in [0.1, 0.15) is 11.4 Å². The van der Waals surface area contributed by atoms with Gasteiger partial charge in [0.05, 0.1) is 11.6 Å². The summed E-state index contributed by atoms with van der Waals surface area (Å²) in [7, 11) is 0. The number of hydrogen-bond donors (Lipinski definition) is 1. The Balaban J connectivity index is 1.86. The summed E-state index contributed by atoms with van der Waals surface area (Å²) in [6.45, 7) is 6.31. The second-order valence-electron chi connectivity index (χ2n) is 6.48. The Morgan fingerprint density at radius 2 is 2.27 bits per heavy atom. The summed E-state index contributed by atoms with van der Waals surface area (Å²) in [4.78, 5) is 26.2. The van der Waals surface area contributed by atoms with Gasteiger partial charge in [0.25, 0.3) is 0 Å². The smallest absolute Gasteiger partial charge is 0.410 e. The molecule has 7 heteroatoms. The molecule has 3 rings (SSSR count). The summed E-state index contributed by atoms with van der Waals surface area (Å²) in [6.07, 6.45) is 3.25. The third-order valence-corrected chi connectivity index (χ3v) is 3.95. The first-order valence-electron chi connectivity index (χ1n) is 7.34. The number of amides is 1. The predicted molar refractivity (Wildman–Crippen MR) is 86.5 cm³/mol. The Hall–Kier alpha value is -1.63. The summed E-state index contributed by atoms with van der Waals surface area (Å²) >= 11 is 3.40. The number of hydrogen-bond acceptors (Lipinski definition) is 4. The van der Waals surface area contributed by atoms with Crippen LogP contribution in [0.5, 0.6) is 0 Å². The van der Waals surface area contributed by atoms with Crippen molar-refractivity contribution < 1.29 is 9.53 Å². The van der Waals surface area contributed by atoms with Crippen molar-refractivity contribution in [2.45, 2.75) is 45.3 Å². The lowest BCUT2D eigenvalue weighted by atomic mass is 10.2. The van der Waals surface area contributed by atoms with Crippen LogP contribution < -0.4 is 0 Å². The van der Waals surface area contributed by atoms with E-state index in [-0.39, 0.29) is 12.1 Å². The van der Waals surface area contributed by atoms with Crippen molar-refractivity contribution in [2.75, 3.05) is 6.54 Å². The molecule has 0 aliphatic carbocycles. The van der Waals surface area contributed by atoms with Crippen molar-refractivity contribution in [3.63, 3.8) is 0 Å². The molecule has 0 spiro atoms. The Labute approximate surface area is 137 Å². The highest BCUT2D eigenvalue weighted by Gasteiger charge is 2.35. The average Bonchev–Trinajstić information content (AvgIpc) is 3.01. The van der Waals surface area contributed by atoms with Gasteiger partial charge in [-0.2, -0.15) is 0 Å². The van der Waals surface area contributed by atoms with E-state index in [9.17, 15) is 4.79 Å². The molecule has 118 valence electrons. The normalized spacial score (nSPS) is 18.9. The minimum Gasteiger partial charge on any atom is -0.444 e. The number of aromatic nitrogens is 3. The fourth-order valence-corrected chi connectivity index (χ4v) is 2.97. The number of nitrogens with zero attached hydrogens (tertiary/aromatic N) is 3. The van der Waals surface area contributed by atoms with Crippen LogP contribution in [-0.4, -0.2) is 38.1 Å². The number of carbonyl (C=O) groups is 1. The Morgan fingerprint density at radius 3 is 3.00 bits per heavy atom. The van der Waals surface area contributed by atoms with Crippen molar-refractivity contribution in [1.29, 1.82) is 0 Å². The van der Waals surface area contributed by atoms with Gasteiger partial charge in [0, 0.05) is 17.2 Å². The van der Waals surface area contributed by atoms with E-state index in [4.69, 9.17) is 4.74 Å². The Kier molecular flexibility index (Phi) is 3.84. The van der Waals surface area contributed by atoms with Crippen LogP contribution in [0, 0.1) is 0 Å². The highest BCUT2D eigenvalue weighted by molar-refractivity contribution is 9.10. The molecule has 1 aliphatic rings. The number of rotatable bonds is 1. The second-order valence-corrected chi connectivity index (χ2v) is 7.39. The summed E-state index contributed by atoms with van der Waals surface area (Å²) in [5.41, 5.74) is 1.03. The molecule has 2 aromatic heterocycles. The molecule has 22 heavy (non-hydrogen) atoms. The maximum Gasteiger partial charge on any atom is 0.410 e. The van der Waals surface area contributed by atoms with Gasteiger partial charge in [-0.1, -0.05) is 0 Å². The van der Waals surface area contributed by atoms with E-state index in [2.05, 4.69) is 30.9 Å². The van der Waals surface area contributed by atoms with Crippen LogP contribution in [0.3, 0.4) is 0 Å². The number of imidazole rings is 1. The van der Waals surface area contributed by atoms with E-state index in [1.807, 2.05) is 26.8 Å². The molecule has 1 atom stereocenters. The zero-order valence-corrected chi connectivity index (χ0v) is 14.5. The zero-order chi connectivity index (χ0) is 15.9. The van der Waals surface area contributed by atoms with E-state index in [1.165, 1.54) is 0 Å². The predicted octanol–water partition coefficient (Wildman–Crippen LogP) is 3.79. The quantitative estimate of drug-likeness (QED) is 0.833. The number of nitrogens with one attached hydrogen (secondary N) is 1. The number of halogens is 1. The lowest BCUT2D eigenvalue weighted by molar-refractivity contribution is 0.0219. The SMILES string of the molecule is CC(C)(C)OC(=O)N1CCC[C@H]1c1nc2ncc(Br)cc2[nH]1. The molecule has 2 aromatic rings. The number of fused-ring (bicyclic) bond motifs is 1. The Bertz CT molecular complexity index is 707. The number of ether oxygens (including phenoxy) is 1. The van der Waals surface area contributed by atoms with Gasteiger partial charge in [-0.05, 0) is 55.6 Å². The largest absolute Gasteiger partial charge is 0.444 e. The van der Waals surface area contributed by atoms with E-state index in [1.54, 1.807) is 11.1 Å². The molecule has 0 saturated carbocycles. The third-order valence-electron chi connectivity index (χ3n) is 3.52. The van der Waals surface area contributed by atoms with Gasteiger partial charge in [-0.15, -0.1) is 0 Å². The van der Waals surface area contributed by atoms with Gasteiger partial charge in [-0.3, -0.25) is 4.90 Å². The minimum atomic E-state index is -0.496. The molecular weight excluding hydrogens is 348 g/mol. The van der Waals surface area contributed by atoms with Crippen LogP contribution in [-0.2, 0) is 4.74 Å². The number of H-pyrrole nitrogens is 1.